The maximum absolute atomic E-state index is 12.0. The molecule has 0 spiro atoms. The van der Waals surface area contributed by atoms with E-state index in [0.29, 0.717) is 12.0 Å². The number of aliphatic hydroxyl groups is 4. The quantitative estimate of drug-likeness (QED) is 0.417. The van der Waals surface area contributed by atoms with E-state index >= 15 is 0 Å². The van der Waals surface area contributed by atoms with Crippen LogP contribution in [0.15, 0.2) is 11.8 Å². The summed E-state index contributed by atoms with van der Waals surface area (Å²) in [6.07, 6.45) is -7.10. The third-order valence-electron chi connectivity index (χ3n) is 5.66. The zero-order valence-electron chi connectivity index (χ0n) is 15.3. The third-order valence-corrected chi connectivity index (χ3v) is 5.66. The molecule has 0 aromatic rings. The van der Waals surface area contributed by atoms with Crippen molar-refractivity contribution >= 4 is 5.97 Å². The number of methoxy groups -OCH3 is 2. The van der Waals surface area contributed by atoms with E-state index in [4.69, 9.17) is 23.7 Å². The Bertz CT molecular complexity index is 578. The second-order valence-corrected chi connectivity index (χ2v) is 7.13. The van der Waals surface area contributed by atoms with Crippen molar-refractivity contribution in [3.05, 3.63) is 11.8 Å². The summed E-state index contributed by atoms with van der Waals surface area (Å²) in [7, 11) is 2.54. The molecule has 0 amide bonds. The topological polar surface area (TPSA) is 144 Å². The van der Waals surface area contributed by atoms with E-state index in [2.05, 4.69) is 0 Å². The van der Waals surface area contributed by atoms with Gasteiger partial charge in [0.25, 0.3) is 0 Å². The fourth-order valence-corrected chi connectivity index (χ4v) is 4.04. The molecule has 2 aliphatic heterocycles. The summed E-state index contributed by atoms with van der Waals surface area (Å²) in [5, 5.41) is 40.3. The Labute approximate surface area is 156 Å². The minimum Gasteiger partial charge on any atom is -0.472 e. The van der Waals surface area contributed by atoms with Crippen molar-refractivity contribution < 1.29 is 48.9 Å². The van der Waals surface area contributed by atoms with E-state index < -0.39 is 55.2 Å². The van der Waals surface area contributed by atoms with Crippen LogP contribution in [0.4, 0.5) is 0 Å². The number of rotatable bonds is 4. The SMILES string of the molecule is COC(=O)C1=CO[C@@H](O[C@@H]2O[C@H](OC)[C@@H](O)[C@H](O)[C@H]2O)[C@@H]2[C@@H](C)[C@@H](O)C[C@H]12. The van der Waals surface area contributed by atoms with Gasteiger partial charge in [0, 0.05) is 18.9 Å². The average Bonchev–Trinajstić information content (AvgIpc) is 2.96. The number of fused-ring (bicyclic) bond motifs is 1. The minimum absolute atomic E-state index is 0.261. The number of hydrogen-bond donors (Lipinski definition) is 4. The smallest absolute Gasteiger partial charge is 0.337 e. The highest BCUT2D eigenvalue weighted by atomic mass is 16.8. The van der Waals surface area contributed by atoms with Crippen LogP contribution in [0.3, 0.4) is 0 Å². The molecule has 3 aliphatic rings. The van der Waals surface area contributed by atoms with Gasteiger partial charge in [0.2, 0.25) is 6.29 Å². The molecule has 1 aliphatic carbocycles. The van der Waals surface area contributed by atoms with E-state index in [-0.39, 0.29) is 11.8 Å². The lowest BCUT2D eigenvalue weighted by atomic mass is 9.83. The van der Waals surface area contributed by atoms with Crippen LogP contribution in [-0.2, 0) is 28.5 Å². The van der Waals surface area contributed by atoms with Gasteiger partial charge in [-0.3, -0.25) is 0 Å². The van der Waals surface area contributed by atoms with Crippen LogP contribution in [0.5, 0.6) is 0 Å². The maximum Gasteiger partial charge on any atom is 0.337 e. The zero-order valence-corrected chi connectivity index (χ0v) is 15.3. The molecule has 154 valence electrons. The van der Waals surface area contributed by atoms with Crippen molar-refractivity contribution in [3.8, 4) is 0 Å². The summed E-state index contributed by atoms with van der Waals surface area (Å²) >= 11 is 0. The van der Waals surface area contributed by atoms with Gasteiger partial charge in [-0.05, 0) is 12.3 Å². The van der Waals surface area contributed by atoms with Gasteiger partial charge in [-0.15, -0.1) is 0 Å². The van der Waals surface area contributed by atoms with Crippen molar-refractivity contribution in [3.63, 3.8) is 0 Å². The Kier molecular flexibility index (Phi) is 6.06. The molecule has 3 rings (SSSR count). The van der Waals surface area contributed by atoms with Crippen molar-refractivity contribution in [2.24, 2.45) is 17.8 Å². The third kappa shape index (κ3) is 3.58. The molecule has 10 atom stereocenters. The Morgan fingerprint density at radius 3 is 2.37 bits per heavy atom. The minimum atomic E-state index is -1.54. The number of hydrogen-bond acceptors (Lipinski definition) is 10. The lowest BCUT2D eigenvalue weighted by Crippen LogP contribution is -2.60. The Morgan fingerprint density at radius 2 is 1.74 bits per heavy atom. The second-order valence-electron chi connectivity index (χ2n) is 7.13. The first-order valence-corrected chi connectivity index (χ1v) is 8.80. The molecular weight excluding hydrogens is 364 g/mol. The van der Waals surface area contributed by atoms with Gasteiger partial charge in [-0.1, -0.05) is 6.92 Å². The predicted octanol–water partition coefficient (Wildman–Crippen LogP) is -1.54. The standard InChI is InChI=1S/C17H26O10/c1-6-9(18)4-7-8(14(22)23-2)5-25-15(10(6)7)26-17-13(21)11(19)12(20)16(24-3)27-17/h5-7,9-13,15-21H,4H2,1-3H3/t6-,7+,9-,10+,11-,12-,13+,15-,16-,17+/m0/s1. The molecule has 0 radical (unpaired) electrons. The summed E-state index contributed by atoms with van der Waals surface area (Å²) in [5.74, 6) is -1.56. The number of carbonyl (C=O) groups excluding carboxylic acids is 1. The van der Waals surface area contributed by atoms with Crippen LogP contribution >= 0.6 is 0 Å². The largest absolute Gasteiger partial charge is 0.472 e. The van der Waals surface area contributed by atoms with Crippen LogP contribution in [0.2, 0.25) is 0 Å². The average molecular weight is 390 g/mol. The molecule has 1 saturated heterocycles. The molecule has 2 heterocycles. The van der Waals surface area contributed by atoms with Gasteiger partial charge < -0.3 is 44.1 Å². The van der Waals surface area contributed by atoms with Gasteiger partial charge in [0.1, 0.15) is 18.3 Å². The lowest BCUT2D eigenvalue weighted by Gasteiger charge is -2.42. The predicted molar refractivity (Wildman–Crippen MR) is 86.5 cm³/mol. The molecule has 2 fully saturated rings. The Balaban J connectivity index is 1.80. The molecule has 0 aromatic heterocycles. The fraction of sp³-hybridized carbons (Fsp3) is 0.824. The van der Waals surface area contributed by atoms with Gasteiger partial charge >= 0.3 is 5.97 Å². The summed E-state index contributed by atoms with van der Waals surface area (Å²) in [4.78, 5) is 12.0. The van der Waals surface area contributed by atoms with Crippen LogP contribution in [-0.4, -0.2) is 83.9 Å². The maximum atomic E-state index is 12.0. The number of aliphatic hydroxyl groups excluding tert-OH is 4. The molecule has 0 aromatic carbocycles. The zero-order chi connectivity index (χ0) is 19.9. The second kappa shape index (κ2) is 8.00. The normalized spacial score (nSPS) is 47.0. The van der Waals surface area contributed by atoms with Gasteiger partial charge in [-0.2, -0.15) is 0 Å². The van der Waals surface area contributed by atoms with Crippen molar-refractivity contribution in [1.29, 1.82) is 0 Å². The molecule has 10 nitrogen and oxygen atoms in total. The molecule has 1 saturated carbocycles. The monoisotopic (exact) mass is 390 g/mol. The first-order valence-electron chi connectivity index (χ1n) is 8.80. The summed E-state index contributed by atoms with van der Waals surface area (Å²) in [6, 6.07) is 0. The molecular formula is C17H26O10. The summed E-state index contributed by atoms with van der Waals surface area (Å²) in [6.45, 7) is 1.81. The van der Waals surface area contributed by atoms with Crippen LogP contribution in [0.1, 0.15) is 13.3 Å². The summed E-state index contributed by atoms with van der Waals surface area (Å²) in [5.41, 5.74) is 0.307. The molecule has 0 bridgehead atoms. The fourth-order valence-electron chi connectivity index (χ4n) is 4.04. The Hall–Kier alpha value is -1.27. The van der Waals surface area contributed by atoms with Crippen LogP contribution in [0.25, 0.3) is 0 Å². The lowest BCUT2D eigenvalue weighted by molar-refractivity contribution is -0.374. The van der Waals surface area contributed by atoms with Crippen molar-refractivity contribution in [2.75, 3.05) is 14.2 Å². The van der Waals surface area contributed by atoms with Gasteiger partial charge in [0.15, 0.2) is 12.6 Å². The van der Waals surface area contributed by atoms with Crippen LogP contribution in [0, 0.1) is 17.8 Å². The van der Waals surface area contributed by atoms with E-state index in [0.717, 1.165) is 0 Å². The number of carbonyl (C=O) groups is 1. The number of ether oxygens (including phenoxy) is 5. The highest BCUT2D eigenvalue weighted by Crippen LogP contribution is 2.47. The van der Waals surface area contributed by atoms with Gasteiger partial charge in [0.05, 0.1) is 25.0 Å². The van der Waals surface area contributed by atoms with E-state index in [1.165, 1.54) is 20.5 Å². The number of esters is 1. The van der Waals surface area contributed by atoms with E-state index in [9.17, 15) is 25.2 Å². The van der Waals surface area contributed by atoms with Crippen LogP contribution < -0.4 is 0 Å². The molecule has 27 heavy (non-hydrogen) atoms. The highest BCUT2D eigenvalue weighted by Gasteiger charge is 2.53. The summed E-state index contributed by atoms with van der Waals surface area (Å²) < 4.78 is 26.4. The molecule has 4 N–H and O–H groups in total. The van der Waals surface area contributed by atoms with Gasteiger partial charge in [-0.25, -0.2) is 4.79 Å². The van der Waals surface area contributed by atoms with E-state index in [1.807, 2.05) is 6.92 Å². The first kappa shape index (κ1) is 20.5. The molecule has 10 heteroatoms. The van der Waals surface area contributed by atoms with E-state index in [1.54, 1.807) is 0 Å². The van der Waals surface area contributed by atoms with Crippen molar-refractivity contribution in [1.82, 2.24) is 0 Å². The first-order chi connectivity index (χ1) is 12.8. The van der Waals surface area contributed by atoms with Crippen molar-refractivity contribution in [2.45, 2.75) is 56.6 Å². The highest BCUT2D eigenvalue weighted by molar-refractivity contribution is 5.89. The molecule has 0 unspecified atom stereocenters. The Morgan fingerprint density at radius 1 is 1.07 bits per heavy atom.